The summed E-state index contributed by atoms with van der Waals surface area (Å²) < 4.78 is 18.9. The summed E-state index contributed by atoms with van der Waals surface area (Å²) in [5.74, 6) is -0.257. The minimum Gasteiger partial charge on any atom is -0.440 e. The van der Waals surface area contributed by atoms with Crippen molar-refractivity contribution in [3.63, 3.8) is 0 Å². The number of aromatic nitrogens is 1. The summed E-state index contributed by atoms with van der Waals surface area (Å²) in [6, 6.07) is 5.31. The lowest BCUT2D eigenvalue weighted by Gasteiger charge is -2.11. The Bertz CT molecular complexity index is 487. The normalized spacial score (nSPS) is 12.6. The van der Waals surface area contributed by atoms with Crippen LogP contribution in [0.5, 0.6) is 0 Å². The summed E-state index contributed by atoms with van der Waals surface area (Å²) in [5, 5.41) is 3.51. The van der Waals surface area contributed by atoms with Crippen LogP contribution in [0.1, 0.15) is 18.5 Å². The second-order valence-electron chi connectivity index (χ2n) is 3.60. The Morgan fingerprint density at radius 1 is 1.47 bits per heavy atom. The molecule has 0 amide bonds. The van der Waals surface area contributed by atoms with E-state index in [-0.39, 0.29) is 11.9 Å². The summed E-state index contributed by atoms with van der Waals surface area (Å²) in [6.45, 7) is 1.98. The van der Waals surface area contributed by atoms with Crippen LogP contribution in [-0.4, -0.2) is 12.0 Å². The van der Waals surface area contributed by atoms with E-state index in [1.54, 1.807) is 6.07 Å². The molecule has 1 aromatic heterocycles. The molecule has 1 atom stereocenters. The first-order chi connectivity index (χ1) is 8.20. The maximum absolute atomic E-state index is 13.8. The van der Waals surface area contributed by atoms with Crippen LogP contribution in [0.2, 0.25) is 0 Å². The summed E-state index contributed by atoms with van der Waals surface area (Å²) in [4.78, 5) is 4.46. The highest BCUT2D eigenvalue weighted by Gasteiger charge is 2.10. The van der Waals surface area contributed by atoms with Crippen molar-refractivity contribution >= 4 is 11.8 Å². The Hall–Kier alpha value is -1.33. The number of rotatable bonds is 4. The number of hydrogen-bond donors (Lipinski definition) is 1. The van der Waals surface area contributed by atoms with Crippen molar-refractivity contribution in [2.45, 2.75) is 23.1 Å². The predicted octanol–water partition coefficient (Wildman–Crippen LogP) is 3.25. The van der Waals surface area contributed by atoms with E-state index in [2.05, 4.69) is 10.3 Å². The van der Waals surface area contributed by atoms with E-state index in [0.717, 1.165) is 5.56 Å². The molecule has 0 saturated carbocycles. The zero-order valence-corrected chi connectivity index (χ0v) is 10.4. The number of hydrogen-bond acceptors (Lipinski definition) is 4. The molecule has 5 heteroatoms. The van der Waals surface area contributed by atoms with E-state index in [1.807, 2.05) is 20.0 Å². The number of nitrogens with one attached hydrogen (secondary N) is 1. The van der Waals surface area contributed by atoms with Gasteiger partial charge in [0, 0.05) is 6.04 Å². The van der Waals surface area contributed by atoms with E-state index in [4.69, 9.17) is 4.42 Å². The minimum absolute atomic E-state index is 0.130. The third-order valence-corrected chi connectivity index (χ3v) is 3.42. The lowest BCUT2D eigenvalue weighted by Crippen LogP contribution is -2.12. The van der Waals surface area contributed by atoms with Gasteiger partial charge in [0.05, 0.1) is 11.1 Å². The van der Waals surface area contributed by atoms with Gasteiger partial charge in [0.15, 0.2) is 0 Å². The summed E-state index contributed by atoms with van der Waals surface area (Å²) in [7, 11) is 1.85. The molecule has 0 aliphatic heterocycles. The molecule has 3 nitrogen and oxygen atoms in total. The van der Waals surface area contributed by atoms with Crippen molar-refractivity contribution in [1.29, 1.82) is 0 Å². The van der Waals surface area contributed by atoms with Crippen LogP contribution in [0.25, 0.3) is 0 Å². The van der Waals surface area contributed by atoms with E-state index in [1.165, 1.54) is 30.3 Å². The molecule has 0 aliphatic carbocycles. The third-order valence-electron chi connectivity index (χ3n) is 2.50. The molecule has 2 rings (SSSR count). The largest absolute Gasteiger partial charge is 0.440 e. The average Bonchev–Trinajstić information content (AvgIpc) is 2.83. The fourth-order valence-corrected chi connectivity index (χ4v) is 2.09. The Kier molecular flexibility index (Phi) is 3.81. The van der Waals surface area contributed by atoms with Crippen LogP contribution in [0.4, 0.5) is 4.39 Å². The number of halogens is 1. The molecule has 90 valence electrons. The highest BCUT2D eigenvalue weighted by molar-refractivity contribution is 7.99. The van der Waals surface area contributed by atoms with Gasteiger partial charge in [0.1, 0.15) is 12.1 Å². The van der Waals surface area contributed by atoms with Gasteiger partial charge in [-0.1, -0.05) is 6.07 Å². The number of oxazole rings is 1. The van der Waals surface area contributed by atoms with Gasteiger partial charge >= 0.3 is 0 Å². The smallest absolute Gasteiger partial charge is 0.260 e. The Morgan fingerprint density at radius 3 is 2.88 bits per heavy atom. The van der Waals surface area contributed by atoms with E-state index in [9.17, 15) is 4.39 Å². The fourth-order valence-electron chi connectivity index (χ4n) is 1.39. The summed E-state index contributed by atoms with van der Waals surface area (Å²) >= 11 is 1.18. The van der Waals surface area contributed by atoms with Crippen LogP contribution < -0.4 is 5.32 Å². The standard InChI is InChI=1S/C12H13FN2OS/c1-8(14-2)9-3-4-11(10(13)7-9)17-12-15-5-6-16-12/h3-8,14H,1-2H3. The zero-order valence-electron chi connectivity index (χ0n) is 9.61. The SMILES string of the molecule is CNC(C)c1ccc(Sc2ncco2)c(F)c1. The highest BCUT2D eigenvalue weighted by Crippen LogP contribution is 2.29. The zero-order chi connectivity index (χ0) is 12.3. The van der Waals surface area contributed by atoms with Crippen LogP contribution in [0.15, 0.2) is 45.2 Å². The lowest BCUT2D eigenvalue weighted by atomic mass is 10.1. The van der Waals surface area contributed by atoms with Gasteiger partial charge in [-0.3, -0.25) is 0 Å². The quantitative estimate of drug-likeness (QED) is 0.906. The van der Waals surface area contributed by atoms with Gasteiger partial charge in [-0.05, 0) is 43.4 Å². The van der Waals surface area contributed by atoms with Gasteiger partial charge < -0.3 is 9.73 Å². The monoisotopic (exact) mass is 252 g/mol. The van der Waals surface area contributed by atoms with Crippen molar-refractivity contribution in [1.82, 2.24) is 10.3 Å². The first-order valence-corrected chi connectivity index (χ1v) is 6.06. The number of nitrogens with zero attached hydrogens (tertiary/aromatic N) is 1. The van der Waals surface area contributed by atoms with E-state index >= 15 is 0 Å². The summed E-state index contributed by atoms with van der Waals surface area (Å²) in [5.41, 5.74) is 0.918. The fraction of sp³-hybridized carbons (Fsp3) is 0.250. The molecule has 0 fully saturated rings. The van der Waals surface area contributed by atoms with Crippen molar-refractivity contribution < 1.29 is 8.81 Å². The minimum atomic E-state index is -0.257. The second-order valence-corrected chi connectivity index (χ2v) is 4.59. The molecule has 2 aromatic rings. The van der Waals surface area contributed by atoms with Crippen LogP contribution >= 0.6 is 11.8 Å². The van der Waals surface area contributed by atoms with Crippen LogP contribution in [-0.2, 0) is 0 Å². The molecule has 0 spiro atoms. The van der Waals surface area contributed by atoms with Crippen molar-refractivity contribution in [3.05, 3.63) is 42.0 Å². The molecule has 1 N–H and O–H groups in total. The topological polar surface area (TPSA) is 38.1 Å². The molecular formula is C12H13FN2OS. The molecular weight excluding hydrogens is 239 g/mol. The van der Waals surface area contributed by atoms with Gasteiger partial charge in [-0.2, -0.15) is 0 Å². The Labute approximate surface area is 103 Å². The highest BCUT2D eigenvalue weighted by atomic mass is 32.2. The molecule has 0 radical (unpaired) electrons. The van der Waals surface area contributed by atoms with E-state index < -0.39 is 0 Å². The van der Waals surface area contributed by atoms with Gasteiger partial charge in [-0.15, -0.1) is 0 Å². The van der Waals surface area contributed by atoms with Gasteiger partial charge in [0.25, 0.3) is 5.22 Å². The number of benzene rings is 1. The van der Waals surface area contributed by atoms with Gasteiger partial charge in [-0.25, -0.2) is 9.37 Å². The maximum atomic E-state index is 13.8. The molecule has 0 bridgehead atoms. The van der Waals surface area contributed by atoms with Crippen molar-refractivity contribution in [2.75, 3.05) is 7.05 Å². The second kappa shape index (κ2) is 5.33. The van der Waals surface area contributed by atoms with Gasteiger partial charge in [0.2, 0.25) is 0 Å². The van der Waals surface area contributed by atoms with Crippen molar-refractivity contribution in [3.8, 4) is 0 Å². The molecule has 1 heterocycles. The Morgan fingerprint density at radius 2 is 2.29 bits per heavy atom. The summed E-state index contributed by atoms with van der Waals surface area (Å²) in [6.07, 6.45) is 3.01. The average molecular weight is 252 g/mol. The molecule has 1 unspecified atom stereocenters. The third kappa shape index (κ3) is 2.87. The predicted molar refractivity (Wildman–Crippen MR) is 64.5 cm³/mol. The lowest BCUT2D eigenvalue weighted by molar-refractivity contribution is 0.453. The van der Waals surface area contributed by atoms with Crippen molar-refractivity contribution in [2.24, 2.45) is 0 Å². The van der Waals surface area contributed by atoms with Crippen LogP contribution in [0.3, 0.4) is 0 Å². The first-order valence-electron chi connectivity index (χ1n) is 5.24. The molecule has 0 saturated heterocycles. The molecule has 1 aromatic carbocycles. The Balaban J connectivity index is 2.20. The first kappa shape index (κ1) is 12.1. The van der Waals surface area contributed by atoms with E-state index in [0.29, 0.717) is 10.1 Å². The van der Waals surface area contributed by atoms with Crippen LogP contribution in [0, 0.1) is 5.82 Å². The molecule has 0 aliphatic rings. The maximum Gasteiger partial charge on any atom is 0.260 e. The molecule has 17 heavy (non-hydrogen) atoms.